The van der Waals surface area contributed by atoms with E-state index in [4.69, 9.17) is 4.74 Å². The van der Waals surface area contributed by atoms with Crippen molar-refractivity contribution in [2.45, 2.75) is 39.7 Å². The summed E-state index contributed by atoms with van der Waals surface area (Å²) in [6.07, 6.45) is 0. The van der Waals surface area contributed by atoms with Gasteiger partial charge in [0.15, 0.2) is 5.78 Å². The second-order valence-electron chi connectivity index (χ2n) is 6.32. The van der Waals surface area contributed by atoms with Gasteiger partial charge in [-0.15, -0.1) is 0 Å². The maximum absolute atomic E-state index is 11.2. The molecule has 0 unspecified atom stereocenters. The number of Topliss-reactive ketones (excluding diaryl/α,β-unsaturated/α-hetero) is 1. The number of benzene rings is 2. The first-order valence-electron chi connectivity index (χ1n) is 7.19. The Bertz CT molecular complexity index is 602. The molecule has 2 heteroatoms. The monoisotopic (exact) mass is 282 g/mol. The Morgan fingerprint density at radius 3 is 2.00 bits per heavy atom. The van der Waals surface area contributed by atoms with E-state index in [1.165, 1.54) is 5.56 Å². The van der Waals surface area contributed by atoms with Gasteiger partial charge < -0.3 is 4.74 Å². The van der Waals surface area contributed by atoms with Crippen LogP contribution < -0.4 is 4.74 Å². The van der Waals surface area contributed by atoms with Gasteiger partial charge in [-0.05, 0) is 47.7 Å². The van der Waals surface area contributed by atoms with Crippen molar-refractivity contribution >= 4 is 5.78 Å². The van der Waals surface area contributed by atoms with Crippen LogP contribution >= 0.6 is 0 Å². The highest BCUT2D eigenvalue weighted by Crippen LogP contribution is 2.22. The minimum atomic E-state index is 0.0688. The summed E-state index contributed by atoms with van der Waals surface area (Å²) in [6.45, 7) is 8.70. The van der Waals surface area contributed by atoms with Crippen LogP contribution in [0.3, 0.4) is 0 Å². The Morgan fingerprint density at radius 2 is 1.52 bits per heavy atom. The zero-order valence-electron chi connectivity index (χ0n) is 13.1. The quantitative estimate of drug-likeness (QED) is 0.755. The topological polar surface area (TPSA) is 26.3 Å². The molecule has 0 spiro atoms. The predicted octanol–water partition coefficient (Wildman–Crippen LogP) is 4.77. The molecular formula is C19H22O2. The number of carbonyl (C=O) groups excluding carboxylic acids is 1. The number of carbonyl (C=O) groups is 1. The molecule has 0 atom stereocenters. The summed E-state index contributed by atoms with van der Waals surface area (Å²) < 4.78 is 5.74. The zero-order chi connectivity index (χ0) is 15.5. The van der Waals surface area contributed by atoms with Crippen molar-refractivity contribution in [1.29, 1.82) is 0 Å². The SMILES string of the molecule is CC(=O)c1ccc(OCc2ccc(C(C)(C)C)cc2)cc1. The second-order valence-corrected chi connectivity index (χ2v) is 6.32. The van der Waals surface area contributed by atoms with Crippen molar-refractivity contribution in [2.24, 2.45) is 0 Å². The summed E-state index contributed by atoms with van der Waals surface area (Å²) in [5.74, 6) is 0.846. The molecule has 0 bridgehead atoms. The van der Waals surface area contributed by atoms with Crippen LogP contribution in [0.25, 0.3) is 0 Å². The first-order valence-corrected chi connectivity index (χ1v) is 7.19. The highest BCUT2D eigenvalue weighted by molar-refractivity contribution is 5.94. The average molecular weight is 282 g/mol. The van der Waals surface area contributed by atoms with E-state index < -0.39 is 0 Å². The fourth-order valence-corrected chi connectivity index (χ4v) is 2.05. The summed E-state index contributed by atoms with van der Waals surface area (Å²) in [5.41, 5.74) is 3.33. The van der Waals surface area contributed by atoms with Gasteiger partial charge in [0, 0.05) is 5.56 Å². The number of rotatable bonds is 4. The molecule has 0 amide bonds. The first-order chi connectivity index (χ1) is 9.86. The van der Waals surface area contributed by atoms with Gasteiger partial charge >= 0.3 is 0 Å². The standard InChI is InChI=1S/C19H22O2/c1-14(20)16-7-11-18(12-8-16)21-13-15-5-9-17(10-6-15)19(2,3)4/h5-12H,13H2,1-4H3. The van der Waals surface area contributed by atoms with Crippen LogP contribution in [0.5, 0.6) is 5.75 Å². The van der Waals surface area contributed by atoms with Gasteiger partial charge in [-0.2, -0.15) is 0 Å². The van der Waals surface area contributed by atoms with Crippen molar-refractivity contribution in [1.82, 2.24) is 0 Å². The van der Waals surface area contributed by atoms with Crippen LogP contribution in [0, 0.1) is 0 Å². The van der Waals surface area contributed by atoms with E-state index in [0.29, 0.717) is 12.2 Å². The van der Waals surface area contributed by atoms with Gasteiger partial charge in [0.1, 0.15) is 12.4 Å². The Balaban J connectivity index is 1.98. The molecule has 0 saturated carbocycles. The van der Waals surface area contributed by atoms with Crippen LogP contribution in [-0.2, 0) is 12.0 Å². The third kappa shape index (κ3) is 4.19. The third-order valence-electron chi connectivity index (χ3n) is 3.49. The van der Waals surface area contributed by atoms with Gasteiger partial charge in [-0.3, -0.25) is 4.79 Å². The van der Waals surface area contributed by atoms with E-state index in [0.717, 1.165) is 11.3 Å². The minimum absolute atomic E-state index is 0.0688. The molecule has 2 rings (SSSR count). The van der Waals surface area contributed by atoms with Gasteiger partial charge in [-0.1, -0.05) is 45.0 Å². The maximum atomic E-state index is 11.2. The van der Waals surface area contributed by atoms with E-state index in [1.54, 1.807) is 19.1 Å². The fourth-order valence-electron chi connectivity index (χ4n) is 2.05. The van der Waals surface area contributed by atoms with Crippen molar-refractivity contribution < 1.29 is 9.53 Å². The van der Waals surface area contributed by atoms with Crippen LogP contribution in [-0.4, -0.2) is 5.78 Å². The van der Waals surface area contributed by atoms with E-state index in [1.807, 2.05) is 12.1 Å². The van der Waals surface area contributed by atoms with Gasteiger partial charge in [0.05, 0.1) is 0 Å². The van der Waals surface area contributed by atoms with E-state index in [-0.39, 0.29) is 11.2 Å². The molecule has 0 heterocycles. The highest BCUT2D eigenvalue weighted by atomic mass is 16.5. The van der Waals surface area contributed by atoms with Crippen molar-refractivity contribution in [2.75, 3.05) is 0 Å². The average Bonchev–Trinajstić information content (AvgIpc) is 2.45. The smallest absolute Gasteiger partial charge is 0.159 e. The van der Waals surface area contributed by atoms with Crippen LogP contribution in [0.1, 0.15) is 49.2 Å². The maximum Gasteiger partial charge on any atom is 0.159 e. The van der Waals surface area contributed by atoms with Crippen LogP contribution in [0.4, 0.5) is 0 Å². The lowest BCUT2D eigenvalue weighted by Crippen LogP contribution is -2.10. The molecule has 2 aromatic carbocycles. The summed E-state index contributed by atoms with van der Waals surface area (Å²) in [4.78, 5) is 11.2. The lowest BCUT2D eigenvalue weighted by Gasteiger charge is -2.19. The number of hydrogen-bond donors (Lipinski definition) is 0. The lowest BCUT2D eigenvalue weighted by atomic mass is 9.87. The van der Waals surface area contributed by atoms with E-state index >= 15 is 0 Å². The molecule has 0 aromatic heterocycles. The fraction of sp³-hybridized carbons (Fsp3) is 0.316. The zero-order valence-corrected chi connectivity index (χ0v) is 13.1. The molecular weight excluding hydrogens is 260 g/mol. The predicted molar refractivity (Wildman–Crippen MR) is 85.9 cm³/mol. The number of ether oxygens (including phenoxy) is 1. The molecule has 0 fully saturated rings. The third-order valence-corrected chi connectivity index (χ3v) is 3.49. The van der Waals surface area contributed by atoms with E-state index in [9.17, 15) is 4.79 Å². The lowest BCUT2D eigenvalue weighted by molar-refractivity contribution is 0.101. The Morgan fingerprint density at radius 1 is 0.952 bits per heavy atom. The van der Waals surface area contributed by atoms with Crippen molar-refractivity contribution in [3.05, 3.63) is 65.2 Å². The largest absolute Gasteiger partial charge is 0.489 e. The van der Waals surface area contributed by atoms with Gasteiger partial charge in [0.25, 0.3) is 0 Å². The summed E-state index contributed by atoms with van der Waals surface area (Å²) in [6, 6.07) is 15.8. The first kappa shape index (κ1) is 15.3. The van der Waals surface area contributed by atoms with Gasteiger partial charge in [-0.25, -0.2) is 0 Å². The highest BCUT2D eigenvalue weighted by Gasteiger charge is 2.12. The second kappa shape index (κ2) is 6.13. The van der Waals surface area contributed by atoms with Crippen molar-refractivity contribution in [3.8, 4) is 5.75 Å². The number of ketones is 1. The van der Waals surface area contributed by atoms with E-state index in [2.05, 4.69) is 45.0 Å². The molecule has 0 aliphatic carbocycles. The van der Waals surface area contributed by atoms with Gasteiger partial charge in [0.2, 0.25) is 0 Å². The van der Waals surface area contributed by atoms with Crippen LogP contribution in [0.15, 0.2) is 48.5 Å². The summed E-state index contributed by atoms with van der Waals surface area (Å²) in [5, 5.41) is 0. The molecule has 2 nitrogen and oxygen atoms in total. The Hall–Kier alpha value is -2.09. The molecule has 0 aliphatic rings. The van der Waals surface area contributed by atoms with Crippen molar-refractivity contribution in [3.63, 3.8) is 0 Å². The molecule has 0 radical (unpaired) electrons. The molecule has 21 heavy (non-hydrogen) atoms. The summed E-state index contributed by atoms with van der Waals surface area (Å²) in [7, 11) is 0. The molecule has 0 N–H and O–H groups in total. The molecule has 0 saturated heterocycles. The van der Waals surface area contributed by atoms with Crippen LogP contribution in [0.2, 0.25) is 0 Å². The Kier molecular flexibility index (Phi) is 4.46. The number of hydrogen-bond acceptors (Lipinski definition) is 2. The normalized spacial score (nSPS) is 11.2. The summed E-state index contributed by atoms with van der Waals surface area (Å²) >= 11 is 0. The molecule has 2 aromatic rings. The molecule has 110 valence electrons. The molecule has 0 aliphatic heterocycles. The Labute approximate surface area is 126 Å². The minimum Gasteiger partial charge on any atom is -0.489 e.